The molecule has 0 amide bonds. The van der Waals surface area contributed by atoms with Crippen molar-refractivity contribution in [1.29, 1.82) is 0 Å². The van der Waals surface area contributed by atoms with E-state index in [4.69, 9.17) is 36.3 Å². The summed E-state index contributed by atoms with van der Waals surface area (Å²) in [6.07, 6.45) is 0. The summed E-state index contributed by atoms with van der Waals surface area (Å²) in [5, 5.41) is 10.1. The number of nitrogens with zero attached hydrogens (tertiary/aromatic N) is 2. The predicted molar refractivity (Wildman–Crippen MR) is 106 cm³/mol. The van der Waals surface area contributed by atoms with E-state index in [-0.39, 0.29) is 5.95 Å². The summed E-state index contributed by atoms with van der Waals surface area (Å²) in [6.45, 7) is 0.341. The fraction of sp³-hybridized carbons (Fsp3) is 0.222. The Labute approximate surface area is 166 Å². The number of ether oxygens (including phenoxy) is 4. The lowest BCUT2D eigenvalue weighted by molar-refractivity contribution is 0.321. The number of rotatable bonds is 8. The van der Waals surface area contributed by atoms with Gasteiger partial charge in [0.25, 0.3) is 0 Å². The Morgan fingerprint density at radius 1 is 1.07 bits per heavy atom. The van der Waals surface area contributed by atoms with Crippen molar-refractivity contribution in [2.24, 2.45) is 0 Å². The van der Waals surface area contributed by atoms with Gasteiger partial charge in [-0.2, -0.15) is 4.98 Å². The van der Waals surface area contributed by atoms with E-state index in [2.05, 4.69) is 20.5 Å². The van der Waals surface area contributed by atoms with Crippen LogP contribution < -0.4 is 30.0 Å². The summed E-state index contributed by atoms with van der Waals surface area (Å²) >= 11 is 6.37. The Morgan fingerprint density at radius 2 is 1.79 bits per heavy atom. The van der Waals surface area contributed by atoms with E-state index >= 15 is 0 Å². The molecule has 9 nitrogen and oxygen atoms in total. The number of benzene rings is 2. The Bertz CT molecular complexity index is 938. The standard InChI is InChI=1S/C18H20ClN5O4/c1-25-14-7-10(8-15(26-2)16(14)27-3)28-13-6-4-5-12(19)11(13)9-21-18-22-17(20)23-24-18/h4-8H,9H2,1-3H3,(H4,20,21,22,23,24). The smallest absolute Gasteiger partial charge is 0.241 e. The maximum Gasteiger partial charge on any atom is 0.241 e. The molecule has 28 heavy (non-hydrogen) atoms. The average molecular weight is 406 g/mol. The first kappa shape index (κ1) is 19.4. The molecule has 2 aromatic carbocycles. The van der Waals surface area contributed by atoms with Gasteiger partial charge in [-0.15, -0.1) is 5.10 Å². The number of nitrogens with one attached hydrogen (secondary N) is 2. The molecule has 0 bridgehead atoms. The van der Waals surface area contributed by atoms with Crippen LogP contribution in [0.1, 0.15) is 5.56 Å². The predicted octanol–water partition coefficient (Wildman–Crippen LogP) is 3.47. The van der Waals surface area contributed by atoms with E-state index in [1.54, 1.807) is 44.6 Å². The zero-order chi connectivity index (χ0) is 20.1. The molecule has 0 spiro atoms. The van der Waals surface area contributed by atoms with E-state index in [1.165, 1.54) is 7.11 Å². The summed E-state index contributed by atoms with van der Waals surface area (Å²) in [7, 11) is 4.62. The summed E-state index contributed by atoms with van der Waals surface area (Å²) in [5.74, 6) is 3.08. The second-order valence-corrected chi connectivity index (χ2v) is 5.98. The molecule has 1 heterocycles. The van der Waals surface area contributed by atoms with Gasteiger partial charge in [-0.3, -0.25) is 0 Å². The molecule has 0 atom stereocenters. The van der Waals surface area contributed by atoms with Gasteiger partial charge in [-0.25, -0.2) is 5.10 Å². The van der Waals surface area contributed by atoms with Gasteiger partial charge in [0.2, 0.25) is 17.6 Å². The number of nitrogens with two attached hydrogens (primary N) is 1. The molecule has 0 saturated heterocycles. The van der Waals surface area contributed by atoms with Gasteiger partial charge in [-0.1, -0.05) is 17.7 Å². The number of halogens is 1. The van der Waals surface area contributed by atoms with Gasteiger partial charge in [0.1, 0.15) is 11.5 Å². The van der Waals surface area contributed by atoms with Gasteiger partial charge < -0.3 is 30.0 Å². The first-order valence-electron chi connectivity index (χ1n) is 8.22. The first-order valence-corrected chi connectivity index (χ1v) is 8.60. The van der Waals surface area contributed by atoms with Crippen molar-refractivity contribution in [3.63, 3.8) is 0 Å². The molecule has 1 aromatic heterocycles. The summed E-state index contributed by atoms with van der Waals surface area (Å²) in [6, 6.07) is 8.79. The minimum atomic E-state index is 0.149. The Balaban J connectivity index is 1.89. The van der Waals surface area contributed by atoms with Crippen molar-refractivity contribution in [2.45, 2.75) is 6.54 Å². The molecular weight excluding hydrogens is 386 g/mol. The zero-order valence-corrected chi connectivity index (χ0v) is 16.3. The van der Waals surface area contributed by atoms with E-state index in [0.29, 0.717) is 46.3 Å². The number of nitrogen functional groups attached to an aromatic ring is 1. The van der Waals surface area contributed by atoms with Crippen molar-refractivity contribution in [3.05, 3.63) is 40.9 Å². The number of anilines is 2. The first-order chi connectivity index (χ1) is 13.5. The fourth-order valence-corrected chi connectivity index (χ4v) is 2.81. The van der Waals surface area contributed by atoms with Crippen molar-refractivity contribution >= 4 is 23.5 Å². The van der Waals surface area contributed by atoms with E-state index in [0.717, 1.165) is 5.56 Å². The average Bonchev–Trinajstić information content (AvgIpc) is 3.11. The minimum absolute atomic E-state index is 0.149. The van der Waals surface area contributed by atoms with Gasteiger partial charge in [-0.05, 0) is 12.1 Å². The summed E-state index contributed by atoms with van der Waals surface area (Å²) in [4.78, 5) is 4.00. The molecule has 148 valence electrons. The third kappa shape index (κ3) is 4.15. The van der Waals surface area contributed by atoms with Gasteiger partial charge >= 0.3 is 0 Å². The van der Waals surface area contributed by atoms with Gasteiger partial charge in [0.05, 0.1) is 21.3 Å². The number of H-pyrrole nitrogens is 1. The molecule has 0 radical (unpaired) electrons. The Morgan fingerprint density at radius 3 is 2.36 bits per heavy atom. The van der Waals surface area contributed by atoms with Crippen LogP contribution in [0.5, 0.6) is 28.7 Å². The molecule has 0 aliphatic carbocycles. The van der Waals surface area contributed by atoms with E-state index < -0.39 is 0 Å². The quantitative estimate of drug-likeness (QED) is 0.521. The molecule has 3 rings (SSSR count). The van der Waals surface area contributed by atoms with E-state index in [9.17, 15) is 0 Å². The third-order valence-corrected chi connectivity index (χ3v) is 4.23. The molecule has 0 aliphatic heterocycles. The highest BCUT2D eigenvalue weighted by Gasteiger charge is 2.16. The molecule has 0 aliphatic rings. The van der Waals surface area contributed by atoms with Gasteiger partial charge in [0.15, 0.2) is 11.5 Å². The van der Waals surface area contributed by atoms with Crippen molar-refractivity contribution in [1.82, 2.24) is 15.2 Å². The number of hydrogen-bond acceptors (Lipinski definition) is 8. The molecule has 0 unspecified atom stereocenters. The topological polar surface area (TPSA) is 117 Å². The van der Waals surface area contributed by atoms with E-state index in [1.807, 2.05) is 0 Å². The van der Waals surface area contributed by atoms with Crippen LogP contribution in [0.25, 0.3) is 0 Å². The van der Waals surface area contributed by atoms with Crippen LogP contribution in [-0.2, 0) is 6.54 Å². The molecular formula is C18H20ClN5O4. The van der Waals surface area contributed by atoms with Gasteiger partial charge in [0, 0.05) is 29.3 Å². The molecule has 4 N–H and O–H groups in total. The maximum atomic E-state index is 6.37. The SMILES string of the molecule is COc1cc(Oc2cccc(Cl)c2CNc2nc(N)n[nH]2)cc(OC)c1OC. The highest BCUT2D eigenvalue weighted by Crippen LogP contribution is 2.42. The lowest BCUT2D eigenvalue weighted by atomic mass is 10.2. The lowest BCUT2D eigenvalue weighted by Gasteiger charge is -2.16. The highest BCUT2D eigenvalue weighted by atomic mass is 35.5. The van der Waals surface area contributed by atoms with Crippen molar-refractivity contribution in [2.75, 3.05) is 32.4 Å². The fourth-order valence-electron chi connectivity index (χ4n) is 2.57. The number of aromatic nitrogens is 3. The van der Waals surface area contributed by atoms with Crippen LogP contribution in [0.2, 0.25) is 5.02 Å². The largest absolute Gasteiger partial charge is 0.493 e. The monoisotopic (exact) mass is 405 g/mol. The molecule has 0 fully saturated rings. The second-order valence-electron chi connectivity index (χ2n) is 5.58. The van der Waals surface area contributed by atoms with Crippen LogP contribution in [0.3, 0.4) is 0 Å². The van der Waals surface area contributed by atoms with Crippen LogP contribution in [0.15, 0.2) is 30.3 Å². The third-order valence-electron chi connectivity index (χ3n) is 3.88. The van der Waals surface area contributed by atoms with Crippen LogP contribution >= 0.6 is 11.6 Å². The Kier molecular flexibility index (Phi) is 5.95. The number of methoxy groups -OCH3 is 3. The summed E-state index contributed by atoms with van der Waals surface area (Å²) < 4.78 is 22.1. The Hall–Kier alpha value is -3.33. The highest BCUT2D eigenvalue weighted by molar-refractivity contribution is 6.31. The van der Waals surface area contributed by atoms with Crippen LogP contribution in [0.4, 0.5) is 11.9 Å². The second kappa shape index (κ2) is 8.57. The van der Waals surface area contributed by atoms with Crippen molar-refractivity contribution < 1.29 is 18.9 Å². The molecule has 3 aromatic rings. The lowest BCUT2D eigenvalue weighted by Crippen LogP contribution is -2.04. The van der Waals surface area contributed by atoms with Crippen LogP contribution in [-0.4, -0.2) is 36.5 Å². The maximum absolute atomic E-state index is 6.37. The van der Waals surface area contributed by atoms with Crippen molar-refractivity contribution in [3.8, 4) is 28.7 Å². The minimum Gasteiger partial charge on any atom is -0.493 e. The summed E-state index contributed by atoms with van der Waals surface area (Å²) in [5.41, 5.74) is 6.24. The number of aromatic amines is 1. The number of hydrogen-bond donors (Lipinski definition) is 3. The molecule has 0 saturated carbocycles. The molecule has 10 heteroatoms. The zero-order valence-electron chi connectivity index (χ0n) is 15.6. The van der Waals surface area contributed by atoms with Crippen LogP contribution in [0, 0.1) is 0 Å². The normalized spacial score (nSPS) is 10.4.